The summed E-state index contributed by atoms with van der Waals surface area (Å²) in [5.74, 6) is 2.37. The van der Waals surface area contributed by atoms with E-state index in [1.54, 1.807) is 0 Å². The van der Waals surface area contributed by atoms with Gasteiger partial charge in [0, 0.05) is 0 Å². The van der Waals surface area contributed by atoms with Gasteiger partial charge in [0.05, 0.1) is 36.6 Å². The lowest BCUT2D eigenvalue weighted by atomic mass is 9.88. The van der Waals surface area contributed by atoms with E-state index in [0.717, 1.165) is 35.9 Å². The van der Waals surface area contributed by atoms with Gasteiger partial charge in [-0.15, -0.1) is 0 Å². The molecule has 9 unspecified atom stereocenters. The molecule has 0 spiro atoms. The van der Waals surface area contributed by atoms with Gasteiger partial charge in [0.25, 0.3) is 0 Å². The summed E-state index contributed by atoms with van der Waals surface area (Å²) < 4.78 is 38.8. The van der Waals surface area contributed by atoms with E-state index >= 15 is 0 Å². The molecule has 204 valence electrons. The molecule has 6 nitrogen and oxygen atoms in total. The molecular weight excluding hydrogens is 505 g/mol. The third-order valence-corrected chi connectivity index (χ3v) is 24.6. The van der Waals surface area contributed by atoms with Crippen LogP contribution in [0, 0.1) is 17.8 Å². The van der Waals surface area contributed by atoms with Crippen molar-refractivity contribution >= 4 is 25.7 Å². The van der Waals surface area contributed by atoms with Crippen molar-refractivity contribution in [3.05, 3.63) is 0 Å². The molecule has 7 rings (SSSR count). The lowest BCUT2D eigenvalue weighted by Gasteiger charge is -2.51. The zero-order valence-electron chi connectivity index (χ0n) is 22.8. The van der Waals surface area contributed by atoms with Gasteiger partial charge >= 0.3 is 25.7 Å². The number of epoxide rings is 3. The van der Waals surface area contributed by atoms with Gasteiger partial charge in [0.15, 0.2) is 0 Å². The van der Waals surface area contributed by atoms with Crippen LogP contribution in [-0.4, -0.2) is 62.3 Å². The van der Waals surface area contributed by atoms with Crippen molar-refractivity contribution in [3.63, 3.8) is 0 Å². The van der Waals surface area contributed by atoms with E-state index in [1.165, 1.54) is 77.0 Å². The highest BCUT2D eigenvalue weighted by atomic mass is 28.5. The van der Waals surface area contributed by atoms with E-state index in [1.807, 2.05) is 0 Å². The Morgan fingerprint density at radius 2 is 0.750 bits per heavy atom. The second kappa shape index (κ2) is 9.51. The summed E-state index contributed by atoms with van der Waals surface area (Å²) in [5.41, 5.74) is 0. The Balaban J connectivity index is 1.00. The van der Waals surface area contributed by atoms with E-state index in [4.69, 9.17) is 26.6 Å². The summed E-state index contributed by atoms with van der Waals surface area (Å²) in [7, 11) is -6.83. The van der Waals surface area contributed by atoms with Crippen LogP contribution in [0.3, 0.4) is 0 Å². The third-order valence-electron chi connectivity index (χ3n) is 10.7. The van der Waals surface area contributed by atoms with Gasteiger partial charge in [0.2, 0.25) is 0 Å². The Bertz CT molecular complexity index is 719. The SMILES string of the molecule is C[Si]1(CCC2CCC3OC3C2)O[Si](C)(CCC2CCC3OC3C2)O[Si](C)(CCC2CCC3OC3C2)O1. The molecule has 0 radical (unpaired) electrons. The highest BCUT2D eigenvalue weighted by molar-refractivity contribution is 6.93. The molecule has 3 aliphatic carbocycles. The summed E-state index contributed by atoms with van der Waals surface area (Å²) in [6.07, 6.45) is 18.7. The van der Waals surface area contributed by atoms with Crippen molar-refractivity contribution in [3.8, 4) is 0 Å². The van der Waals surface area contributed by atoms with E-state index in [-0.39, 0.29) is 0 Å². The van der Waals surface area contributed by atoms with Crippen LogP contribution in [-0.2, 0) is 26.6 Å². The maximum absolute atomic E-state index is 7.11. The first-order chi connectivity index (χ1) is 17.3. The van der Waals surface area contributed by atoms with Crippen LogP contribution in [0.1, 0.15) is 77.0 Å². The molecule has 9 heteroatoms. The van der Waals surface area contributed by atoms with Crippen molar-refractivity contribution in [2.45, 2.75) is 151 Å². The van der Waals surface area contributed by atoms with E-state index in [2.05, 4.69) is 19.6 Å². The zero-order valence-corrected chi connectivity index (χ0v) is 25.8. The number of ether oxygens (including phenoxy) is 3. The second-order valence-corrected chi connectivity index (χ2v) is 24.8. The first-order valence-corrected chi connectivity index (χ1v) is 22.9. The predicted molar refractivity (Wildman–Crippen MR) is 144 cm³/mol. The molecule has 7 aliphatic rings. The fourth-order valence-corrected chi connectivity index (χ4v) is 26.2. The van der Waals surface area contributed by atoms with Crippen LogP contribution in [0.2, 0.25) is 37.8 Å². The molecule has 3 saturated carbocycles. The molecule has 0 bridgehead atoms. The number of fused-ring (bicyclic) bond motifs is 3. The summed E-state index contributed by atoms with van der Waals surface area (Å²) in [5, 5.41) is 0. The Morgan fingerprint density at radius 3 is 1.03 bits per heavy atom. The summed E-state index contributed by atoms with van der Waals surface area (Å²) in [4.78, 5) is 0. The van der Waals surface area contributed by atoms with Crippen molar-refractivity contribution < 1.29 is 26.6 Å². The van der Waals surface area contributed by atoms with Gasteiger partial charge in [-0.2, -0.15) is 0 Å². The monoisotopic (exact) mass is 552 g/mol. The van der Waals surface area contributed by atoms with E-state index < -0.39 is 25.7 Å². The molecule has 0 amide bonds. The molecule has 0 aromatic carbocycles. The Morgan fingerprint density at radius 1 is 0.444 bits per heavy atom. The quantitative estimate of drug-likeness (QED) is 0.253. The third kappa shape index (κ3) is 5.80. The molecule has 9 atom stereocenters. The van der Waals surface area contributed by atoms with Gasteiger partial charge < -0.3 is 26.6 Å². The van der Waals surface area contributed by atoms with Crippen LogP contribution < -0.4 is 0 Å². The highest BCUT2D eigenvalue weighted by Gasteiger charge is 2.57. The first kappa shape index (κ1) is 25.4. The Labute approximate surface area is 221 Å². The van der Waals surface area contributed by atoms with E-state index in [9.17, 15) is 0 Å². The van der Waals surface area contributed by atoms with Crippen molar-refractivity contribution in [1.82, 2.24) is 0 Å². The fraction of sp³-hybridized carbons (Fsp3) is 1.00. The van der Waals surface area contributed by atoms with Crippen LogP contribution in [0.5, 0.6) is 0 Å². The van der Waals surface area contributed by atoms with Crippen LogP contribution >= 0.6 is 0 Å². The maximum Gasteiger partial charge on any atom is 0.317 e. The standard InChI is InChI=1S/C27H48O6Si3/c1-34(13-10-19-4-7-22-25(16-19)28-22)31-35(2,14-11-20-5-8-23-26(17-20)29-23)33-36(3,32-34)15-12-21-6-9-24-27(18-21)30-24/h19-27H,4-18H2,1-3H3. The molecule has 36 heavy (non-hydrogen) atoms. The lowest BCUT2D eigenvalue weighted by molar-refractivity contribution is 0.210. The van der Waals surface area contributed by atoms with Crippen molar-refractivity contribution in [2.75, 3.05) is 0 Å². The first-order valence-electron chi connectivity index (χ1n) is 15.3. The van der Waals surface area contributed by atoms with Gasteiger partial charge in [-0.05, 0) is 133 Å². The maximum atomic E-state index is 7.11. The average Bonchev–Trinajstić information content (AvgIpc) is 3.71. The topological polar surface area (TPSA) is 65.3 Å². The smallest absolute Gasteiger partial charge is 0.317 e. The number of hydrogen-bond acceptors (Lipinski definition) is 6. The van der Waals surface area contributed by atoms with Crippen molar-refractivity contribution in [2.24, 2.45) is 17.8 Å². The molecule has 0 aromatic rings. The second-order valence-electron chi connectivity index (χ2n) is 14.0. The minimum absolute atomic E-state index is 0.560. The molecule has 7 fully saturated rings. The molecule has 4 heterocycles. The van der Waals surface area contributed by atoms with Gasteiger partial charge in [-0.25, -0.2) is 0 Å². The van der Waals surface area contributed by atoms with Gasteiger partial charge in [0.1, 0.15) is 0 Å². The minimum atomic E-state index is -2.28. The normalized spacial score (nSPS) is 55.2. The largest absolute Gasteiger partial charge is 0.416 e. The van der Waals surface area contributed by atoms with Gasteiger partial charge in [-0.3, -0.25) is 0 Å². The lowest BCUT2D eigenvalue weighted by Crippen LogP contribution is -2.67. The van der Waals surface area contributed by atoms with Crippen LogP contribution in [0.15, 0.2) is 0 Å². The number of rotatable bonds is 9. The van der Waals surface area contributed by atoms with Crippen LogP contribution in [0.4, 0.5) is 0 Å². The molecule has 4 saturated heterocycles. The number of hydrogen-bond donors (Lipinski definition) is 0. The predicted octanol–water partition coefficient (Wildman–Crippen LogP) is 6.14. The highest BCUT2D eigenvalue weighted by Crippen LogP contribution is 2.47. The Kier molecular flexibility index (Phi) is 6.70. The summed E-state index contributed by atoms with van der Waals surface area (Å²) in [6, 6.07) is 3.39. The summed E-state index contributed by atoms with van der Waals surface area (Å²) >= 11 is 0. The van der Waals surface area contributed by atoms with Crippen molar-refractivity contribution in [1.29, 1.82) is 0 Å². The van der Waals surface area contributed by atoms with E-state index in [0.29, 0.717) is 36.6 Å². The summed E-state index contributed by atoms with van der Waals surface area (Å²) in [6.45, 7) is 7.16. The average molecular weight is 553 g/mol. The molecule has 0 N–H and O–H groups in total. The zero-order chi connectivity index (χ0) is 24.5. The minimum Gasteiger partial charge on any atom is -0.416 e. The molecular formula is C27H48O6Si3. The molecule has 0 aromatic heterocycles. The van der Waals surface area contributed by atoms with Crippen LogP contribution in [0.25, 0.3) is 0 Å². The Hall–Kier alpha value is 0.411. The molecule has 4 aliphatic heterocycles. The fourth-order valence-electron chi connectivity index (χ4n) is 8.38. The van der Waals surface area contributed by atoms with Gasteiger partial charge in [-0.1, -0.05) is 0 Å².